The molecule has 0 amide bonds. The van der Waals surface area contributed by atoms with Crippen LogP contribution in [-0.2, 0) is 10.1 Å². The smallest absolute Gasteiger partial charge is 0.108 e. The van der Waals surface area contributed by atoms with Crippen molar-refractivity contribution < 1.29 is 13.0 Å². The highest BCUT2D eigenvalue weighted by atomic mass is 32.2. The lowest BCUT2D eigenvalue weighted by atomic mass is 10.2. The van der Waals surface area contributed by atoms with Gasteiger partial charge in [0.2, 0.25) is 0 Å². The molecule has 0 aliphatic rings. The van der Waals surface area contributed by atoms with E-state index in [2.05, 4.69) is 5.18 Å². The second kappa shape index (κ2) is 6.46. The SMILES string of the molecule is CCN(CCCS(=O)(=O)[O-])c1ccc(N=O)cc1. The summed E-state index contributed by atoms with van der Waals surface area (Å²) in [5.41, 5.74) is 1.21. The molecule has 0 bridgehead atoms. The molecule has 0 fully saturated rings. The molecule has 18 heavy (non-hydrogen) atoms. The maximum atomic E-state index is 10.5. The Morgan fingerprint density at radius 3 is 2.33 bits per heavy atom. The highest BCUT2D eigenvalue weighted by Crippen LogP contribution is 2.19. The Morgan fingerprint density at radius 2 is 1.89 bits per heavy atom. The van der Waals surface area contributed by atoms with Gasteiger partial charge >= 0.3 is 0 Å². The largest absolute Gasteiger partial charge is 0.748 e. The molecular formula is C11H15N2O4S-. The Balaban J connectivity index is 2.62. The standard InChI is InChI=1S/C11H16N2O4S/c1-2-13(8-3-9-18(15,16)17)11-6-4-10(12-14)5-7-11/h4-7H,2-3,8-9H2,1H3,(H,15,16,17)/p-1. The van der Waals surface area contributed by atoms with Crippen LogP contribution in [0.2, 0.25) is 0 Å². The number of hydrogen-bond donors (Lipinski definition) is 0. The van der Waals surface area contributed by atoms with E-state index in [0.29, 0.717) is 18.8 Å². The van der Waals surface area contributed by atoms with E-state index in [1.54, 1.807) is 24.3 Å². The molecule has 0 saturated heterocycles. The topological polar surface area (TPSA) is 89.9 Å². The van der Waals surface area contributed by atoms with Crippen LogP contribution in [0.5, 0.6) is 0 Å². The van der Waals surface area contributed by atoms with Gasteiger partial charge in [0.15, 0.2) is 0 Å². The molecule has 1 aromatic rings. The Kier molecular flexibility index (Phi) is 5.24. The van der Waals surface area contributed by atoms with E-state index >= 15 is 0 Å². The van der Waals surface area contributed by atoms with Crippen LogP contribution >= 0.6 is 0 Å². The van der Waals surface area contributed by atoms with Crippen molar-refractivity contribution in [1.29, 1.82) is 0 Å². The van der Waals surface area contributed by atoms with Gasteiger partial charge in [-0.25, -0.2) is 8.42 Å². The maximum absolute atomic E-state index is 10.5. The van der Waals surface area contributed by atoms with Crippen LogP contribution in [0.1, 0.15) is 13.3 Å². The lowest BCUT2D eigenvalue weighted by Crippen LogP contribution is -2.25. The molecule has 1 aromatic carbocycles. The van der Waals surface area contributed by atoms with Crippen molar-refractivity contribution in [3.05, 3.63) is 29.2 Å². The first-order valence-electron chi connectivity index (χ1n) is 5.58. The average Bonchev–Trinajstić information content (AvgIpc) is 2.34. The number of hydrogen-bond acceptors (Lipinski definition) is 6. The zero-order valence-corrected chi connectivity index (χ0v) is 10.9. The summed E-state index contributed by atoms with van der Waals surface area (Å²) in [6, 6.07) is 6.67. The Morgan fingerprint density at radius 1 is 1.28 bits per heavy atom. The lowest BCUT2D eigenvalue weighted by molar-refractivity contribution is 0.461. The third-order valence-electron chi connectivity index (χ3n) is 2.52. The molecule has 0 N–H and O–H groups in total. The van der Waals surface area contributed by atoms with Crippen LogP contribution in [0.25, 0.3) is 0 Å². The van der Waals surface area contributed by atoms with Gasteiger partial charge in [0, 0.05) is 24.5 Å². The second-order valence-corrected chi connectivity index (χ2v) is 5.33. The van der Waals surface area contributed by atoms with Gasteiger partial charge in [0.05, 0.1) is 10.1 Å². The molecule has 0 aliphatic heterocycles. The van der Waals surface area contributed by atoms with Gasteiger partial charge in [0.25, 0.3) is 0 Å². The van der Waals surface area contributed by atoms with Gasteiger partial charge in [-0.05, 0) is 42.8 Å². The molecule has 0 saturated carbocycles. The van der Waals surface area contributed by atoms with E-state index in [-0.39, 0.29) is 12.2 Å². The first-order valence-corrected chi connectivity index (χ1v) is 7.16. The zero-order valence-electron chi connectivity index (χ0n) is 10.1. The summed E-state index contributed by atoms with van der Waals surface area (Å²) in [7, 11) is -4.15. The van der Waals surface area contributed by atoms with Gasteiger partial charge in [-0.2, -0.15) is 0 Å². The molecule has 100 valence electrons. The van der Waals surface area contributed by atoms with Gasteiger partial charge in [-0.1, -0.05) is 0 Å². The van der Waals surface area contributed by atoms with E-state index in [4.69, 9.17) is 0 Å². The van der Waals surface area contributed by atoms with Crippen LogP contribution in [0.15, 0.2) is 29.4 Å². The van der Waals surface area contributed by atoms with Crippen molar-refractivity contribution in [2.45, 2.75) is 13.3 Å². The lowest BCUT2D eigenvalue weighted by Gasteiger charge is -2.23. The van der Waals surface area contributed by atoms with Crippen LogP contribution < -0.4 is 4.90 Å². The van der Waals surface area contributed by atoms with Crippen molar-refractivity contribution in [1.82, 2.24) is 0 Å². The summed E-state index contributed by atoms with van der Waals surface area (Å²) in [6.45, 7) is 3.09. The monoisotopic (exact) mass is 271 g/mol. The average molecular weight is 271 g/mol. The second-order valence-electron chi connectivity index (χ2n) is 3.80. The predicted octanol–water partition coefficient (Wildman–Crippen LogP) is 1.85. The molecule has 0 aliphatic carbocycles. The van der Waals surface area contributed by atoms with Gasteiger partial charge in [-0.3, -0.25) is 0 Å². The first-order chi connectivity index (χ1) is 8.46. The Bertz CT molecular complexity index is 484. The number of nitrogens with zero attached hydrogens (tertiary/aromatic N) is 2. The fourth-order valence-corrected chi connectivity index (χ4v) is 2.11. The number of anilines is 1. The Hall–Kier alpha value is -1.47. The minimum Gasteiger partial charge on any atom is -0.748 e. The minimum atomic E-state index is -4.15. The summed E-state index contributed by atoms with van der Waals surface area (Å²) in [4.78, 5) is 12.2. The van der Waals surface area contributed by atoms with Crippen LogP contribution in [-0.4, -0.2) is 31.8 Å². The molecular weight excluding hydrogens is 256 g/mol. The fraction of sp³-hybridized carbons (Fsp3) is 0.455. The summed E-state index contributed by atoms with van der Waals surface area (Å²) in [5, 5.41) is 2.80. The van der Waals surface area contributed by atoms with E-state index in [1.165, 1.54) is 0 Å². The summed E-state index contributed by atoms with van der Waals surface area (Å²) in [5.74, 6) is -0.364. The summed E-state index contributed by atoms with van der Waals surface area (Å²) < 4.78 is 31.5. The summed E-state index contributed by atoms with van der Waals surface area (Å²) >= 11 is 0. The van der Waals surface area contributed by atoms with Crippen LogP contribution in [0.4, 0.5) is 11.4 Å². The first kappa shape index (κ1) is 14.6. The number of rotatable bonds is 7. The molecule has 6 nitrogen and oxygen atoms in total. The van der Waals surface area contributed by atoms with E-state index in [1.807, 2.05) is 11.8 Å². The van der Waals surface area contributed by atoms with Crippen molar-refractivity contribution in [2.24, 2.45) is 5.18 Å². The molecule has 0 spiro atoms. The fourth-order valence-electron chi connectivity index (χ4n) is 1.63. The van der Waals surface area contributed by atoms with E-state index in [0.717, 1.165) is 5.69 Å². The summed E-state index contributed by atoms with van der Waals surface area (Å²) in [6.07, 6.45) is 0.285. The molecule has 7 heteroatoms. The van der Waals surface area contributed by atoms with Crippen molar-refractivity contribution in [3.63, 3.8) is 0 Å². The highest BCUT2D eigenvalue weighted by molar-refractivity contribution is 7.85. The Labute approximate surface area is 106 Å². The molecule has 0 aromatic heterocycles. The third-order valence-corrected chi connectivity index (χ3v) is 3.31. The van der Waals surface area contributed by atoms with Crippen molar-refractivity contribution >= 4 is 21.5 Å². The van der Waals surface area contributed by atoms with E-state index < -0.39 is 10.1 Å². The van der Waals surface area contributed by atoms with Gasteiger partial charge < -0.3 is 9.45 Å². The maximum Gasteiger partial charge on any atom is 0.108 e. The minimum absolute atomic E-state index is 0.285. The molecule has 0 heterocycles. The predicted molar refractivity (Wildman–Crippen MR) is 69.0 cm³/mol. The van der Waals surface area contributed by atoms with Crippen LogP contribution in [0.3, 0.4) is 0 Å². The molecule has 0 atom stereocenters. The third kappa shape index (κ3) is 4.80. The number of benzene rings is 1. The van der Waals surface area contributed by atoms with Crippen molar-refractivity contribution in [3.8, 4) is 0 Å². The van der Waals surface area contributed by atoms with Gasteiger partial charge in [0.1, 0.15) is 5.69 Å². The van der Waals surface area contributed by atoms with E-state index in [9.17, 15) is 17.9 Å². The molecule has 0 unspecified atom stereocenters. The molecule has 0 radical (unpaired) electrons. The highest BCUT2D eigenvalue weighted by Gasteiger charge is 2.05. The quantitative estimate of drug-likeness (QED) is 0.557. The normalized spacial score (nSPS) is 11.2. The molecule has 1 rings (SSSR count). The van der Waals surface area contributed by atoms with Gasteiger partial charge in [-0.15, -0.1) is 4.91 Å². The number of nitroso groups, excluding NO2 is 1. The van der Waals surface area contributed by atoms with Crippen molar-refractivity contribution in [2.75, 3.05) is 23.7 Å². The van der Waals surface area contributed by atoms with Crippen LogP contribution in [0, 0.1) is 4.91 Å². The zero-order chi connectivity index (χ0) is 13.6.